The van der Waals surface area contributed by atoms with Gasteiger partial charge >= 0.3 is 0 Å². The number of hydrogen-bond acceptors (Lipinski definition) is 6. The van der Waals surface area contributed by atoms with Gasteiger partial charge in [0.05, 0.1) is 16.9 Å². The van der Waals surface area contributed by atoms with E-state index in [9.17, 15) is 4.79 Å². The molecular weight excluding hydrogens is 388 g/mol. The molecule has 0 spiro atoms. The van der Waals surface area contributed by atoms with Gasteiger partial charge in [-0.2, -0.15) is 0 Å². The normalized spacial score (nSPS) is 10.4. The van der Waals surface area contributed by atoms with E-state index >= 15 is 0 Å². The van der Waals surface area contributed by atoms with Gasteiger partial charge in [-0.05, 0) is 36.8 Å². The molecule has 0 bridgehead atoms. The van der Waals surface area contributed by atoms with Crippen LogP contribution in [0.2, 0.25) is 0 Å². The molecule has 0 aliphatic carbocycles. The molecule has 2 aromatic carbocycles. The van der Waals surface area contributed by atoms with Gasteiger partial charge in [-0.25, -0.2) is 9.97 Å². The first-order valence-electron chi connectivity index (χ1n) is 9.82. The second kappa shape index (κ2) is 9.04. The molecule has 0 atom stereocenters. The van der Waals surface area contributed by atoms with Gasteiger partial charge < -0.3 is 16.0 Å². The fraction of sp³-hybridized carbons (Fsp3) is 0.0833. The van der Waals surface area contributed by atoms with Crippen LogP contribution in [0.15, 0.2) is 79.3 Å². The van der Waals surface area contributed by atoms with Crippen LogP contribution in [0, 0.1) is 6.92 Å². The van der Waals surface area contributed by atoms with E-state index in [1.54, 1.807) is 25.5 Å². The average Bonchev–Trinajstić information content (AvgIpc) is 2.82. The second-order valence-electron chi connectivity index (χ2n) is 6.95. The number of nitrogens with zero attached hydrogens (tertiary/aromatic N) is 3. The topological polar surface area (TPSA) is 91.8 Å². The molecule has 154 valence electrons. The van der Waals surface area contributed by atoms with E-state index < -0.39 is 0 Å². The maximum Gasteiger partial charge on any atom is 0.257 e. The number of amides is 1. The van der Waals surface area contributed by atoms with Crippen LogP contribution < -0.4 is 16.0 Å². The van der Waals surface area contributed by atoms with E-state index in [2.05, 4.69) is 30.9 Å². The summed E-state index contributed by atoms with van der Waals surface area (Å²) in [4.78, 5) is 25.6. The van der Waals surface area contributed by atoms with E-state index in [-0.39, 0.29) is 5.91 Å². The van der Waals surface area contributed by atoms with E-state index in [4.69, 9.17) is 0 Å². The van der Waals surface area contributed by atoms with Crippen LogP contribution in [-0.4, -0.2) is 27.9 Å². The zero-order valence-corrected chi connectivity index (χ0v) is 17.3. The average molecular weight is 410 g/mol. The van der Waals surface area contributed by atoms with E-state index in [1.165, 1.54) is 6.20 Å². The minimum atomic E-state index is -0.235. The van der Waals surface area contributed by atoms with Crippen LogP contribution in [0.1, 0.15) is 15.9 Å². The zero-order chi connectivity index (χ0) is 21.6. The standard InChI is InChI=1S/C24H22N6O/c1-16-8-9-19(28-23(31)18-12-20(25-2)15-26-14-18)13-22(16)30-24-27-11-10-21(29-24)17-6-4-3-5-7-17/h3-15,25H,1-2H3,(H,28,31)(H,27,29,30). The summed E-state index contributed by atoms with van der Waals surface area (Å²) in [6.07, 6.45) is 4.92. The Hall–Kier alpha value is -4.26. The molecule has 0 saturated carbocycles. The van der Waals surface area contributed by atoms with Crippen LogP contribution in [0.3, 0.4) is 0 Å². The predicted molar refractivity (Wildman–Crippen MR) is 124 cm³/mol. The monoisotopic (exact) mass is 410 g/mol. The number of anilines is 4. The van der Waals surface area contributed by atoms with Crippen molar-refractivity contribution in [2.24, 2.45) is 0 Å². The van der Waals surface area contributed by atoms with Gasteiger partial charge in [-0.15, -0.1) is 0 Å². The number of carbonyl (C=O) groups excluding carboxylic acids is 1. The van der Waals surface area contributed by atoms with Crippen molar-refractivity contribution >= 4 is 28.9 Å². The number of rotatable bonds is 6. The molecule has 3 N–H and O–H groups in total. The van der Waals surface area contributed by atoms with Gasteiger partial charge in [0.15, 0.2) is 0 Å². The summed E-state index contributed by atoms with van der Waals surface area (Å²) in [5.41, 5.74) is 5.57. The van der Waals surface area contributed by atoms with Crippen LogP contribution in [0.4, 0.5) is 23.0 Å². The number of carbonyl (C=O) groups is 1. The van der Waals surface area contributed by atoms with Gasteiger partial charge in [0, 0.05) is 42.6 Å². The molecular formula is C24H22N6O. The number of benzene rings is 2. The van der Waals surface area contributed by atoms with Crippen LogP contribution in [-0.2, 0) is 0 Å². The first-order chi connectivity index (χ1) is 15.1. The molecule has 0 fully saturated rings. The molecule has 0 unspecified atom stereocenters. The number of hydrogen-bond donors (Lipinski definition) is 3. The largest absolute Gasteiger partial charge is 0.387 e. The predicted octanol–water partition coefficient (Wildman–Crippen LogP) is 4.88. The molecule has 0 aliphatic rings. The molecule has 2 heterocycles. The van der Waals surface area contributed by atoms with Gasteiger partial charge in [0.2, 0.25) is 5.95 Å². The van der Waals surface area contributed by atoms with Gasteiger partial charge in [-0.1, -0.05) is 36.4 Å². The van der Waals surface area contributed by atoms with Crippen LogP contribution in [0.25, 0.3) is 11.3 Å². The Morgan fingerprint density at radius 3 is 2.58 bits per heavy atom. The van der Waals surface area contributed by atoms with Crippen molar-refractivity contribution in [2.75, 3.05) is 23.0 Å². The van der Waals surface area contributed by atoms with Crippen molar-refractivity contribution in [2.45, 2.75) is 6.92 Å². The lowest BCUT2D eigenvalue weighted by atomic mass is 10.1. The van der Waals surface area contributed by atoms with Crippen LogP contribution in [0.5, 0.6) is 0 Å². The summed E-state index contributed by atoms with van der Waals surface area (Å²) in [7, 11) is 1.78. The van der Waals surface area contributed by atoms with E-state index in [0.29, 0.717) is 17.2 Å². The maximum atomic E-state index is 12.6. The summed E-state index contributed by atoms with van der Waals surface area (Å²) in [5.74, 6) is 0.251. The molecule has 7 nitrogen and oxygen atoms in total. The Bertz CT molecular complexity index is 1210. The van der Waals surface area contributed by atoms with Crippen molar-refractivity contribution in [1.82, 2.24) is 15.0 Å². The summed E-state index contributed by atoms with van der Waals surface area (Å²) >= 11 is 0. The molecule has 31 heavy (non-hydrogen) atoms. The molecule has 1 amide bonds. The third-order valence-electron chi connectivity index (χ3n) is 4.76. The first-order valence-corrected chi connectivity index (χ1v) is 9.82. The van der Waals surface area contributed by atoms with Gasteiger partial charge in [-0.3, -0.25) is 9.78 Å². The first kappa shape index (κ1) is 20.0. The van der Waals surface area contributed by atoms with Crippen LogP contribution >= 0.6 is 0 Å². The van der Waals surface area contributed by atoms with Gasteiger partial charge in [0.25, 0.3) is 5.91 Å². The lowest BCUT2D eigenvalue weighted by Gasteiger charge is -2.12. The zero-order valence-electron chi connectivity index (χ0n) is 17.3. The minimum absolute atomic E-state index is 0.235. The Labute approximate surface area is 180 Å². The quantitative estimate of drug-likeness (QED) is 0.419. The molecule has 4 rings (SSSR count). The smallest absolute Gasteiger partial charge is 0.257 e. The van der Waals surface area contributed by atoms with Crippen molar-refractivity contribution < 1.29 is 4.79 Å². The highest BCUT2D eigenvalue weighted by atomic mass is 16.1. The van der Waals surface area contributed by atoms with E-state index in [1.807, 2.05) is 61.5 Å². The molecule has 0 aliphatic heterocycles. The van der Waals surface area contributed by atoms with Gasteiger partial charge in [0.1, 0.15) is 0 Å². The summed E-state index contributed by atoms with van der Waals surface area (Å²) in [6, 6.07) is 19.2. The van der Waals surface area contributed by atoms with Crippen molar-refractivity contribution in [3.8, 4) is 11.3 Å². The maximum absolute atomic E-state index is 12.6. The number of nitrogens with one attached hydrogen (secondary N) is 3. The Morgan fingerprint density at radius 1 is 0.935 bits per heavy atom. The third kappa shape index (κ3) is 4.84. The van der Waals surface area contributed by atoms with Crippen molar-refractivity contribution in [1.29, 1.82) is 0 Å². The Morgan fingerprint density at radius 2 is 1.77 bits per heavy atom. The van der Waals surface area contributed by atoms with E-state index in [0.717, 1.165) is 28.2 Å². The lowest BCUT2D eigenvalue weighted by molar-refractivity contribution is 0.102. The fourth-order valence-corrected chi connectivity index (χ4v) is 3.05. The third-order valence-corrected chi connectivity index (χ3v) is 4.76. The molecule has 0 radical (unpaired) electrons. The second-order valence-corrected chi connectivity index (χ2v) is 6.95. The highest BCUT2D eigenvalue weighted by Gasteiger charge is 2.10. The molecule has 2 aromatic heterocycles. The highest BCUT2D eigenvalue weighted by molar-refractivity contribution is 6.04. The Kier molecular flexibility index (Phi) is 5.84. The number of aryl methyl sites for hydroxylation is 1. The lowest BCUT2D eigenvalue weighted by Crippen LogP contribution is -2.13. The summed E-state index contributed by atoms with van der Waals surface area (Å²) in [5, 5.41) is 9.15. The van der Waals surface area contributed by atoms with Crippen molar-refractivity contribution in [3.63, 3.8) is 0 Å². The van der Waals surface area contributed by atoms with Crippen molar-refractivity contribution in [3.05, 3.63) is 90.4 Å². The molecule has 7 heteroatoms. The summed E-state index contributed by atoms with van der Waals surface area (Å²) in [6.45, 7) is 1.98. The number of pyridine rings is 1. The highest BCUT2D eigenvalue weighted by Crippen LogP contribution is 2.25. The summed E-state index contributed by atoms with van der Waals surface area (Å²) < 4.78 is 0. The SMILES string of the molecule is CNc1cncc(C(=O)Nc2ccc(C)c(Nc3nccc(-c4ccccc4)n3)c2)c1. The molecule has 0 saturated heterocycles. The Balaban J connectivity index is 1.54. The molecule has 4 aromatic rings. The minimum Gasteiger partial charge on any atom is -0.387 e. The number of aromatic nitrogens is 3. The fourth-order valence-electron chi connectivity index (χ4n) is 3.05.